The Labute approximate surface area is 186 Å². The summed E-state index contributed by atoms with van der Waals surface area (Å²) < 4.78 is 38.7. The van der Waals surface area contributed by atoms with Crippen molar-refractivity contribution in [3.63, 3.8) is 0 Å². The van der Waals surface area contributed by atoms with E-state index >= 15 is 0 Å². The molecule has 2 aromatic carbocycles. The number of rotatable bonds is 8. The standard InChI is InChI=1S/C18H22O4S.K/c1-2-3-4-5-7-15-10-12-16(13-11-15)22-17-8-6-9-18(14-17)23(19,20)21;/h6,8-14H,2-5,7H2,1H3,(H,19,20,21);/q;+1/p-1. The van der Waals surface area contributed by atoms with Crippen molar-refractivity contribution in [2.45, 2.75) is 43.9 Å². The molecule has 124 valence electrons. The number of hydrogen-bond donors (Lipinski definition) is 0. The summed E-state index contributed by atoms with van der Waals surface area (Å²) in [6, 6.07) is 13.3. The van der Waals surface area contributed by atoms with Crippen molar-refractivity contribution in [3.8, 4) is 11.5 Å². The van der Waals surface area contributed by atoms with Crippen LogP contribution in [0.5, 0.6) is 11.5 Å². The zero-order valence-corrected chi connectivity index (χ0v) is 18.1. The average molecular weight is 373 g/mol. The third-order valence-corrected chi connectivity index (χ3v) is 4.40. The summed E-state index contributed by atoms with van der Waals surface area (Å²) in [5.41, 5.74) is 1.25. The van der Waals surface area contributed by atoms with Crippen molar-refractivity contribution >= 4 is 10.1 Å². The second kappa shape index (κ2) is 10.7. The van der Waals surface area contributed by atoms with Crippen molar-refractivity contribution in [1.82, 2.24) is 0 Å². The summed E-state index contributed by atoms with van der Waals surface area (Å²) in [4.78, 5) is -0.289. The van der Waals surface area contributed by atoms with E-state index in [1.807, 2.05) is 24.3 Å². The molecule has 0 aliphatic carbocycles. The molecule has 2 rings (SSSR count). The van der Waals surface area contributed by atoms with Gasteiger partial charge in [-0.2, -0.15) is 0 Å². The van der Waals surface area contributed by atoms with Crippen molar-refractivity contribution in [2.75, 3.05) is 0 Å². The van der Waals surface area contributed by atoms with Gasteiger partial charge in [0.1, 0.15) is 21.6 Å². The fourth-order valence-electron chi connectivity index (χ4n) is 2.31. The van der Waals surface area contributed by atoms with Crippen LogP contribution in [0.2, 0.25) is 0 Å². The van der Waals surface area contributed by atoms with Gasteiger partial charge in [0.05, 0.1) is 4.90 Å². The Morgan fingerprint density at radius 1 is 0.958 bits per heavy atom. The molecule has 24 heavy (non-hydrogen) atoms. The molecule has 0 saturated heterocycles. The van der Waals surface area contributed by atoms with E-state index in [1.165, 1.54) is 49.4 Å². The molecule has 2 aromatic rings. The van der Waals surface area contributed by atoms with Crippen molar-refractivity contribution in [1.29, 1.82) is 0 Å². The summed E-state index contributed by atoms with van der Waals surface area (Å²) in [5.74, 6) is 0.945. The van der Waals surface area contributed by atoms with E-state index in [0.29, 0.717) is 11.5 Å². The Hall–Kier alpha value is -0.214. The number of hydrogen-bond acceptors (Lipinski definition) is 4. The van der Waals surface area contributed by atoms with E-state index in [4.69, 9.17) is 4.74 Å². The molecule has 0 aliphatic heterocycles. The van der Waals surface area contributed by atoms with Gasteiger partial charge in [0.15, 0.2) is 0 Å². The zero-order valence-electron chi connectivity index (χ0n) is 14.2. The first-order valence-corrected chi connectivity index (χ1v) is 9.22. The smallest absolute Gasteiger partial charge is 0.744 e. The van der Waals surface area contributed by atoms with E-state index in [9.17, 15) is 13.0 Å². The minimum Gasteiger partial charge on any atom is -0.744 e. The first-order chi connectivity index (χ1) is 11.0. The maximum absolute atomic E-state index is 11.0. The molecule has 0 aliphatic rings. The van der Waals surface area contributed by atoms with Crippen LogP contribution < -0.4 is 56.1 Å². The van der Waals surface area contributed by atoms with Gasteiger partial charge in [0.2, 0.25) is 0 Å². The Morgan fingerprint density at radius 3 is 2.29 bits per heavy atom. The summed E-state index contributed by atoms with van der Waals surface area (Å²) >= 11 is 0. The number of benzene rings is 2. The van der Waals surface area contributed by atoms with E-state index in [0.717, 1.165) is 6.42 Å². The molecule has 0 atom stereocenters. The quantitative estimate of drug-likeness (QED) is 0.400. The fraction of sp³-hybridized carbons (Fsp3) is 0.333. The Kier molecular flexibility index (Phi) is 9.74. The largest absolute Gasteiger partial charge is 1.00 e. The van der Waals surface area contributed by atoms with Crippen LogP contribution >= 0.6 is 0 Å². The molecule has 0 amide bonds. The van der Waals surface area contributed by atoms with Crippen molar-refractivity contribution in [3.05, 3.63) is 54.1 Å². The first kappa shape index (κ1) is 21.8. The molecular formula is C18H21KO4S. The first-order valence-electron chi connectivity index (χ1n) is 7.82. The molecule has 0 saturated carbocycles. The van der Waals surface area contributed by atoms with Gasteiger partial charge in [0.25, 0.3) is 0 Å². The van der Waals surface area contributed by atoms with E-state index < -0.39 is 10.1 Å². The van der Waals surface area contributed by atoms with Crippen LogP contribution in [0.4, 0.5) is 0 Å². The minimum absolute atomic E-state index is 0. The molecule has 0 spiro atoms. The van der Waals surface area contributed by atoms with Gasteiger partial charge in [-0.1, -0.05) is 44.4 Å². The van der Waals surface area contributed by atoms with Crippen LogP contribution in [0.25, 0.3) is 0 Å². The molecule has 0 unspecified atom stereocenters. The third kappa shape index (κ3) is 7.35. The predicted octanol–water partition coefficient (Wildman–Crippen LogP) is 1.51. The molecule has 0 heterocycles. The molecular weight excluding hydrogens is 351 g/mol. The molecule has 0 radical (unpaired) electrons. The summed E-state index contributed by atoms with van der Waals surface area (Å²) in [6.45, 7) is 2.19. The van der Waals surface area contributed by atoms with Crippen LogP contribution in [0.15, 0.2) is 53.4 Å². The van der Waals surface area contributed by atoms with E-state index in [1.54, 1.807) is 6.07 Å². The van der Waals surface area contributed by atoms with Gasteiger partial charge in [-0.3, -0.25) is 0 Å². The van der Waals surface area contributed by atoms with E-state index in [2.05, 4.69) is 6.92 Å². The molecule has 6 heteroatoms. The van der Waals surface area contributed by atoms with Gasteiger partial charge >= 0.3 is 51.4 Å². The second-order valence-corrected chi connectivity index (χ2v) is 6.87. The van der Waals surface area contributed by atoms with Crippen LogP contribution in [-0.2, 0) is 16.5 Å². The molecule has 0 fully saturated rings. The van der Waals surface area contributed by atoms with Crippen LogP contribution in [0, 0.1) is 0 Å². The SMILES string of the molecule is CCCCCCc1ccc(Oc2cccc(S(=O)(=O)[O-])c2)cc1.[K+]. The summed E-state index contributed by atoms with van der Waals surface area (Å²) in [7, 11) is -4.47. The monoisotopic (exact) mass is 372 g/mol. The van der Waals surface area contributed by atoms with Gasteiger partial charge in [-0.05, 0) is 48.7 Å². The average Bonchev–Trinajstić information content (AvgIpc) is 2.53. The van der Waals surface area contributed by atoms with Crippen LogP contribution in [-0.4, -0.2) is 13.0 Å². The second-order valence-electron chi connectivity index (χ2n) is 5.49. The number of unbranched alkanes of at least 4 members (excludes halogenated alkanes) is 3. The maximum atomic E-state index is 11.0. The Balaban J connectivity index is 0.00000288. The topological polar surface area (TPSA) is 66.4 Å². The van der Waals surface area contributed by atoms with Gasteiger partial charge < -0.3 is 9.29 Å². The Morgan fingerprint density at radius 2 is 1.67 bits per heavy atom. The van der Waals surface area contributed by atoms with Crippen LogP contribution in [0.1, 0.15) is 38.2 Å². The zero-order chi connectivity index (χ0) is 16.7. The third-order valence-electron chi connectivity index (χ3n) is 3.57. The maximum Gasteiger partial charge on any atom is 1.00 e. The van der Waals surface area contributed by atoms with Crippen LogP contribution in [0.3, 0.4) is 0 Å². The van der Waals surface area contributed by atoms with Crippen molar-refractivity contribution < 1.29 is 69.1 Å². The summed E-state index contributed by atoms with van der Waals surface area (Å²) in [5, 5.41) is 0. The van der Waals surface area contributed by atoms with Gasteiger partial charge in [-0.15, -0.1) is 0 Å². The van der Waals surface area contributed by atoms with Gasteiger partial charge in [0, 0.05) is 0 Å². The molecule has 0 N–H and O–H groups in total. The molecule has 0 bridgehead atoms. The Bertz CT molecular complexity index is 727. The number of ether oxygens (including phenoxy) is 1. The van der Waals surface area contributed by atoms with Gasteiger partial charge in [-0.25, -0.2) is 8.42 Å². The normalized spacial score (nSPS) is 10.9. The van der Waals surface area contributed by atoms with E-state index in [-0.39, 0.29) is 56.3 Å². The minimum atomic E-state index is -4.47. The molecule has 0 aromatic heterocycles. The molecule has 4 nitrogen and oxygen atoms in total. The fourth-order valence-corrected chi connectivity index (χ4v) is 2.82. The number of aryl methyl sites for hydroxylation is 1. The summed E-state index contributed by atoms with van der Waals surface area (Å²) in [6.07, 6.45) is 5.96. The van der Waals surface area contributed by atoms with Crippen molar-refractivity contribution in [2.24, 2.45) is 0 Å². The predicted molar refractivity (Wildman–Crippen MR) is 88.8 cm³/mol.